The minimum absolute atomic E-state index is 0.00379. The predicted molar refractivity (Wildman–Crippen MR) is 413 cm³/mol. The summed E-state index contributed by atoms with van der Waals surface area (Å²) in [5, 5.41) is 99.7. The normalized spacial score (nSPS) is 31.0. The smallest absolute Gasteiger partial charge is 0.280 e. The zero-order chi connectivity index (χ0) is 88.2. The van der Waals surface area contributed by atoms with Crippen molar-refractivity contribution in [2.45, 2.75) is 220 Å². The molecule has 0 amide bonds. The van der Waals surface area contributed by atoms with Crippen LogP contribution in [-0.2, 0) is 23.7 Å². The minimum Gasteiger partial charge on any atom is -0.391 e. The Morgan fingerprint density at radius 3 is 1.23 bits per heavy atom. The first-order valence-corrected chi connectivity index (χ1v) is 36.4. The largest absolute Gasteiger partial charge is 0.391 e. The van der Waals surface area contributed by atoms with Gasteiger partial charge >= 0.3 is 0 Å². The van der Waals surface area contributed by atoms with E-state index in [2.05, 4.69) is 124 Å². The topological polar surface area (TPSA) is 634 Å². The summed E-state index contributed by atoms with van der Waals surface area (Å²) in [6.07, 6.45) is -19.9. The number of aliphatic hydroxyl groups is 10. The number of anilines is 5. The van der Waals surface area contributed by atoms with Crippen LogP contribution in [0.4, 0.5) is 56.1 Å². The van der Waals surface area contributed by atoms with E-state index < -0.39 is 179 Å². The second kappa shape index (κ2) is 34.2. The molecule has 25 atom stereocenters. The number of hydrogen-bond acceptors (Lipinski definition) is 33. The fourth-order valence-corrected chi connectivity index (χ4v) is 14.5. The van der Waals surface area contributed by atoms with Crippen LogP contribution in [0.2, 0.25) is 0 Å². The number of halogens is 6. The van der Waals surface area contributed by atoms with Crippen molar-refractivity contribution in [3.63, 3.8) is 0 Å². The molecule has 15 heterocycles. The van der Waals surface area contributed by atoms with Crippen LogP contribution in [0.25, 0.3) is 55.6 Å². The van der Waals surface area contributed by atoms with Crippen LogP contribution in [0.1, 0.15) is 100 Å². The highest BCUT2D eigenvalue weighted by Gasteiger charge is 2.64. The van der Waals surface area contributed by atoms with Crippen molar-refractivity contribution in [2.75, 3.05) is 28.7 Å². The van der Waals surface area contributed by atoms with Gasteiger partial charge in [-0.2, -0.15) is 19.9 Å². The Morgan fingerprint density at radius 2 is 0.792 bits per heavy atom. The summed E-state index contributed by atoms with van der Waals surface area (Å²) >= 11 is 5.09. The molecule has 5 aliphatic heterocycles. The fourth-order valence-electron chi connectivity index (χ4n) is 14.2. The summed E-state index contributed by atoms with van der Waals surface area (Å²) in [6, 6.07) is 1.44. The molecule has 10 aromatic heterocycles. The molecule has 0 spiro atoms. The Labute approximate surface area is 676 Å². The van der Waals surface area contributed by atoms with E-state index in [1.807, 2.05) is 0 Å². The van der Waals surface area contributed by atoms with Crippen molar-refractivity contribution < 1.29 is 101 Å². The third-order valence-electron chi connectivity index (χ3n) is 19.7. The number of nitrogen functional groups attached to an aromatic ring is 5. The number of ether oxygens (including phenoxy) is 5. The number of nitrogens with two attached hydrogens (primary N) is 5. The number of aromatic nitrogens is 18. The lowest BCUT2D eigenvalue weighted by atomic mass is 9.94. The van der Waals surface area contributed by atoms with Gasteiger partial charge in [0.25, 0.3) is 16.7 Å². The highest BCUT2D eigenvalue weighted by Crippen LogP contribution is 2.49. The summed E-state index contributed by atoms with van der Waals surface area (Å²) in [5.74, 6) is 22.1. The molecule has 5 unspecified atom stereocenters. The quantitative estimate of drug-likeness (QED) is 0.0434. The van der Waals surface area contributed by atoms with Crippen LogP contribution in [0.15, 0.2) is 58.0 Å². The highest BCUT2D eigenvalue weighted by molar-refractivity contribution is 7.71. The molecule has 41 nitrogen and oxygen atoms in total. The number of H-pyrrole nitrogens is 4. The molecule has 5 fully saturated rings. The van der Waals surface area contributed by atoms with Crippen LogP contribution >= 0.6 is 12.2 Å². The van der Waals surface area contributed by atoms with Gasteiger partial charge in [0, 0.05) is 12.4 Å². The molecule has 0 radical (unpaired) electrons. The Bertz CT molecular complexity index is 5790. The zero-order valence-electron chi connectivity index (χ0n) is 64.7. The summed E-state index contributed by atoms with van der Waals surface area (Å²) in [4.78, 5) is 80.7. The zero-order valence-corrected chi connectivity index (χ0v) is 65.5. The first kappa shape index (κ1) is 89.1. The lowest BCUT2D eigenvalue weighted by Gasteiger charge is -2.24. The molecule has 24 N–H and O–H groups in total. The molecule has 0 aliphatic carbocycles. The summed E-state index contributed by atoms with van der Waals surface area (Å²) in [7, 11) is 0. The van der Waals surface area contributed by atoms with Gasteiger partial charge in [0.05, 0.1) is 61.1 Å². The number of nitrogens with zero attached hydrogens (tertiary/aromatic N) is 14. The van der Waals surface area contributed by atoms with Gasteiger partial charge in [-0.05, 0) is 75.3 Å². The Kier molecular flexibility index (Phi) is 25.4. The van der Waals surface area contributed by atoms with E-state index >= 15 is 22.0 Å². The molecule has 15 rings (SSSR count). The minimum atomic E-state index is -2.66. The Balaban J connectivity index is 0.000000147. The molecule has 48 heteroatoms. The molecule has 640 valence electrons. The first-order valence-electron chi connectivity index (χ1n) is 36.0. The summed E-state index contributed by atoms with van der Waals surface area (Å²) < 4.78 is 125. The van der Waals surface area contributed by atoms with Crippen molar-refractivity contribution in [3.8, 4) is 59.2 Å². The van der Waals surface area contributed by atoms with Crippen molar-refractivity contribution >= 4 is 97.5 Å². The van der Waals surface area contributed by atoms with E-state index in [4.69, 9.17) is 64.6 Å². The SMILES string of the molecule is CC#CC1(F)[C@@H](O)[C@@H]([C@@H](C)O)O[C@H]1n1cc(F)c2c(=O)[nH]c(N)nc21.CC#CC1(F)[C@@H](O)[C@@H]([C@@H](C)O)O[C@H]1n1ccc2c(=O)[nH]c(N)nc21.CC#CC1(F)[C@@H](O)[C@@H]([C@@H](C)O)O[C@H]1n1cnc2c(=O)[nH]c(N)nc21.CC#CC1(F)[C@@H](O)[C@@H]([C@@H](C)O)O[C@H]1n1cnc2c(=S)nc(N)[nH]c21.CC#CC1(F)[C@@H](O)[C@@H]([C@@H](C)O)O[C@H]1n1cnc2cnc(N)nc21. The predicted octanol–water partition coefficient (Wildman–Crippen LogP) is -1.21. The molecule has 0 saturated carbocycles. The second-order valence-corrected chi connectivity index (χ2v) is 28.4. The van der Waals surface area contributed by atoms with Gasteiger partial charge in [0.15, 0.2) is 75.7 Å². The van der Waals surface area contributed by atoms with Gasteiger partial charge in [-0.1, -0.05) is 41.8 Å². The molecule has 0 bridgehead atoms. The van der Waals surface area contributed by atoms with E-state index in [1.165, 1.54) is 114 Å². The van der Waals surface area contributed by atoms with Gasteiger partial charge in [0.1, 0.15) is 83.1 Å². The summed E-state index contributed by atoms with van der Waals surface area (Å²) in [5.41, 5.74) is 14.3. The number of nitrogens with one attached hydrogen (secondary N) is 4. The van der Waals surface area contributed by atoms with E-state index in [1.54, 1.807) is 0 Å². The lowest BCUT2D eigenvalue weighted by molar-refractivity contribution is -0.0776. The molecular formula is C72H81F6N23O18S. The number of imidazole rings is 3. The van der Waals surface area contributed by atoms with E-state index in [-0.39, 0.29) is 73.5 Å². The molecule has 10 aromatic rings. The molecular weight excluding hydrogens is 1620 g/mol. The molecule has 0 aromatic carbocycles. The Hall–Kier alpha value is -11.7. The van der Waals surface area contributed by atoms with Gasteiger partial charge in [-0.25, -0.2) is 51.3 Å². The monoisotopic (exact) mass is 1700 g/mol. The van der Waals surface area contributed by atoms with Gasteiger partial charge in [-0.15, -0.1) is 29.6 Å². The molecule has 5 saturated heterocycles. The number of rotatable bonds is 10. The third kappa shape index (κ3) is 15.8. The second-order valence-electron chi connectivity index (χ2n) is 28.0. The maximum Gasteiger partial charge on any atom is 0.280 e. The van der Waals surface area contributed by atoms with Crippen molar-refractivity contribution in [1.29, 1.82) is 0 Å². The van der Waals surface area contributed by atoms with E-state index in [0.717, 1.165) is 21.7 Å². The van der Waals surface area contributed by atoms with Gasteiger partial charge < -0.3 is 113 Å². The number of alkyl halides is 5. The van der Waals surface area contributed by atoms with Crippen molar-refractivity contribution in [1.82, 2.24) is 87.6 Å². The number of aliphatic hydroxyl groups excluding tert-OH is 10. The number of hydrogen-bond donors (Lipinski definition) is 19. The summed E-state index contributed by atoms with van der Waals surface area (Å²) in [6.45, 7) is 14.0. The van der Waals surface area contributed by atoms with Crippen LogP contribution in [0, 0.1) is 69.7 Å². The first-order chi connectivity index (χ1) is 56.5. The van der Waals surface area contributed by atoms with Crippen molar-refractivity contribution in [3.05, 3.63) is 85.2 Å². The van der Waals surface area contributed by atoms with Crippen LogP contribution in [0.5, 0.6) is 0 Å². The Morgan fingerprint density at radius 1 is 0.442 bits per heavy atom. The fraction of sp³-hybridized carbons (Fsp3) is 0.486. The van der Waals surface area contributed by atoms with Gasteiger partial charge in [0.2, 0.25) is 52.1 Å². The third-order valence-corrected chi connectivity index (χ3v) is 19.9. The average molecular weight is 1700 g/mol. The number of fused-ring (bicyclic) bond motifs is 5. The van der Waals surface area contributed by atoms with Gasteiger partial charge in [-0.3, -0.25) is 47.6 Å². The number of aromatic amines is 4. The van der Waals surface area contributed by atoms with E-state index in [0.29, 0.717) is 11.0 Å². The van der Waals surface area contributed by atoms with Crippen LogP contribution < -0.4 is 45.3 Å². The standard InChI is InChI=1S/C15H16F2N4O4.C15H17FN4O4.C14H16FN5O4.C14H16FN5O3S.C14H16FN5O3/c1-3-4-15(17)10(23)9(6(2)22)25-13(15)21-5-7(16)8-11(21)19-14(18)20-12(8)24;1-3-5-15(16)10(22)9(7(2)21)24-13(15)20-6-4-8-11(20)18-14(17)19-12(8)23;1-3-4-14(15)9(22)8(6(2)21)24-12(14)20-5-17-7-10(20)18-13(16)19-11(7)23;1-3-4-14(15)9(22)8(6(2)21)23-12(14)20-5-17-7-10(20)18-13(16)19-11(7)24;1-3-4-14(15)10(22)9(7(2)21)23-12(14)20-6-18-8-5-17-13(16)19-11(8)20/h5-6,9-10,13,22-23H,1-2H3,(H3,18,19,20,24);4,6-7,9-10,13,21-22H,1-2H3,(H3,17,18,19,23);5-6,8-9,12,21-22H,1-2H3,(H3,16,18,19,23);5-6,8-9,12,21-22H,1-2H3,(H3,16,18,19,24);5-7,9-10,12,21-22H,1-2H3,(H2,16,17,19)/t6-,9-,10+,13-,15?;7-,9-,10+,13-,15?;2*6-,8-,9+,12-,14?;7-,9-,10+,12-,14?/m11111/s1. The van der Waals surface area contributed by atoms with Crippen molar-refractivity contribution in [2.24, 2.45) is 0 Å². The maximum absolute atomic E-state index is 15.5. The molecule has 5 aliphatic rings. The van der Waals surface area contributed by atoms with E-state index in [9.17, 15) is 69.8 Å². The van der Waals surface area contributed by atoms with Crippen LogP contribution in [-0.4, -0.2) is 259 Å². The average Bonchev–Trinajstić information content (AvgIpc) is 1.61. The molecule has 120 heavy (non-hydrogen) atoms. The lowest BCUT2D eigenvalue weighted by Crippen LogP contribution is -2.44. The maximum atomic E-state index is 15.5. The van der Waals surface area contributed by atoms with Crippen LogP contribution in [0.3, 0.4) is 0 Å². The highest BCUT2D eigenvalue weighted by atomic mass is 32.1.